The fourth-order valence-corrected chi connectivity index (χ4v) is 7.93. The molecule has 0 aromatic rings. The summed E-state index contributed by atoms with van der Waals surface area (Å²) in [7, 11) is 0. The molecule has 6 nitrogen and oxygen atoms in total. The summed E-state index contributed by atoms with van der Waals surface area (Å²) in [6.07, 6.45) is 65.5. The molecule has 0 fully saturated rings. The summed E-state index contributed by atoms with van der Waals surface area (Å²) >= 11 is 0. The van der Waals surface area contributed by atoms with Crippen LogP contribution in [-0.2, 0) is 14.3 Å². The lowest BCUT2D eigenvalue weighted by Gasteiger charge is -2.24. The van der Waals surface area contributed by atoms with E-state index >= 15 is 0 Å². The maximum Gasteiger partial charge on any atom is 0.306 e. The van der Waals surface area contributed by atoms with Gasteiger partial charge in [0.2, 0.25) is 5.91 Å². The fraction of sp³-hybridized carbons (Fsp3) is 0.759. The summed E-state index contributed by atoms with van der Waals surface area (Å²) in [5, 5.41) is 23.7. The second-order valence-corrected chi connectivity index (χ2v) is 18.2. The van der Waals surface area contributed by atoms with Crippen LogP contribution in [0.2, 0.25) is 0 Å². The quantitative estimate of drug-likeness (QED) is 0.0321. The van der Waals surface area contributed by atoms with Gasteiger partial charge in [-0.25, -0.2) is 0 Å². The highest BCUT2D eigenvalue weighted by molar-refractivity contribution is 5.77. The summed E-state index contributed by atoms with van der Waals surface area (Å²) < 4.78 is 5.92. The van der Waals surface area contributed by atoms with Crippen molar-refractivity contribution in [2.75, 3.05) is 6.61 Å². The van der Waals surface area contributed by atoms with Crippen molar-refractivity contribution in [3.63, 3.8) is 0 Å². The first kappa shape index (κ1) is 61.3. The third-order valence-electron chi connectivity index (χ3n) is 12.0. The van der Waals surface area contributed by atoms with E-state index in [0.29, 0.717) is 19.3 Å². The summed E-state index contributed by atoms with van der Waals surface area (Å²) in [4.78, 5) is 26.2. The molecule has 370 valence electrons. The molecule has 1 amide bonds. The van der Waals surface area contributed by atoms with Gasteiger partial charge in [-0.05, 0) is 89.9 Å². The molecule has 3 atom stereocenters. The van der Waals surface area contributed by atoms with Crippen LogP contribution in [0.4, 0.5) is 0 Å². The molecule has 0 aliphatic rings. The van der Waals surface area contributed by atoms with Crippen LogP contribution in [0.3, 0.4) is 0 Å². The number of hydrogen-bond acceptors (Lipinski definition) is 5. The van der Waals surface area contributed by atoms with Crippen molar-refractivity contribution < 1.29 is 24.5 Å². The van der Waals surface area contributed by atoms with Crippen molar-refractivity contribution in [3.8, 4) is 0 Å². The molecular weight excluding hydrogens is 791 g/mol. The third-order valence-corrected chi connectivity index (χ3v) is 12.0. The van der Waals surface area contributed by atoms with E-state index in [1.165, 1.54) is 128 Å². The van der Waals surface area contributed by atoms with Gasteiger partial charge in [0.05, 0.1) is 25.2 Å². The summed E-state index contributed by atoms with van der Waals surface area (Å²) in [5.41, 5.74) is 0. The smallest absolute Gasteiger partial charge is 0.306 e. The topological polar surface area (TPSA) is 95.9 Å². The highest BCUT2D eigenvalue weighted by atomic mass is 16.5. The molecule has 0 aliphatic heterocycles. The zero-order valence-electron chi connectivity index (χ0n) is 42.1. The van der Waals surface area contributed by atoms with Gasteiger partial charge >= 0.3 is 5.97 Å². The van der Waals surface area contributed by atoms with Crippen LogP contribution < -0.4 is 5.32 Å². The zero-order chi connectivity index (χ0) is 46.7. The highest BCUT2D eigenvalue weighted by Gasteiger charge is 2.24. The number of hydrogen-bond donors (Lipinski definition) is 3. The van der Waals surface area contributed by atoms with Gasteiger partial charge in [-0.1, -0.05) is 229 Å². The van der Waals surface area contributed by atoms with E-state index in [4.69, 9.17) is 4.74 Å². The number of carbonyl (C=O) groups is 2. The molecular formula is C58H103NO5. The number of rotatable bonds is 48. The predicted octanol–water partition coefficient (Wildman–Crippen LogP) is 16.6. The predicted molar refractivity (Wildman–Crippen MR) is 278 cm³/mol. The average Bonchev–Trinajstić information content (AvgIpc) is 3.29. The van der Waals surface area contributed by atoms with E-state index in [9.17, 15) is 19.8 Å². The minimum Gasteiger partial charge on any atom is -0.462 e. The van der Waals surface area contributed by atoms with E-state index < -0.39 is 18.2 Å². The van der Waals surface area contributed by atoms with Gasteiger partial charge < -0.3 is 20.3 Å². The van der Waals surface area contributed by atoms with Crippen LogP contribution in [0.15, 0.2) is 72.9 Å². The molecule has 0 aliphatic carbocycles. The number of unbranched alkanes of at least 4 members (excludes halogenated alkanes) is 24. The fourth-order valence-electron chi connectivity index (χ4n) is 7.93. The van der Waals surface area contributed by atoms with Crippen LogP contribution in [0, 0.1) is 0 Å². The van der Waals surface area contributed by atoms with Crippen molar-refractivity contribution in [2.45, 2.75) is 277 Å². The molecule has 0 heterocycles. The molecule has 64 heavy (non-hydrogen) atoms. The van der Waals surface area contributed by atoms with E-state index in [1.54, 1.807) is 0 Å². The molecule has 0 radical (unpaired) electrons. The molecule has 0 aromatic carbocycles. The summed E-state index contributed by atoms with van der Waals surface area (Å²) in [5.74, 6) is -0.532. The number of aliphatic hydroxyl groups is 2. The summed E-state index contributed by atoms with van der Waals surface area (Å²) in [6.45, 7) is 6.34. The first-order valence-corrected chi connectivity index (χ1v) is 27.2. The van der Waals surface area contributed by atoms with Crippen LogP contribution in [-0.4, -0.2) is 46.9 Å². The van der Waals surface area contributed by atoms with Crippen molar-refractivity contribution in [3.05, 3.63) is 72.9 Å². The largest absolute Gasteiger partial charge is 0.462 e. The van der Waals surface area contributed by atoms with Crippen molar-refractivity contribution >= 4 is 11.9 Å². The summed E-state index contributed by atoms with van der Waals surface area (Å²) in [6, 6.07) is -0.721. The Morgan fingerprint density at radius 2 is 0.859 bits per heavy atom. The Kier molecular flexibility index (Phi) is 49.1. The lowest BCUT2D eigenvalue weighted by molar-refractivity contribution is -0.151. The molecule has 0 saturated carbocycles. The Morgan fingerprint density at radius 3 is 1.33 bits per heavy atom. The Hall–Kier alpha value is -2.70. The van der Waals surface area contributed by atoms with E-state index in [-0.39, 0.29) is 24.9 Å². The zero-order valence-corrected chi connectivity index (χ0v) is 42.1. The van der Waals surface area contributed by atoms with Gasteiger partial charge in [0.15, 0.2) is 0 Å². The standard InChI is InChI=1S/C58H103NO5/c1-4-7-10-13-16-19-21-23-25-27-28-30-32-34-36-39-42-45-48-51-58(63)64-54(49-46-43-40-38-35-33-31-29-26-24-22-20-17-14-11-8-5-2)52-57(62)59-55(53-60)56(61)50-47-44-41-37-18-15-12-9-6-3/h8,11,17,20,23-26,31,33,38,40,54-56,60-61H,4-7,9-10,12-16,18-19,21-22,27-30,32,34-37,39,41-53H2,1-3H3,(H,59,62)/b11-8-,20-17-,25-23+,26-24-,33-31-,40-38-. The third kappa shape index (κ3) is 45.9. The average molecular weight is 894 g/mol. The van der Waals surface area contributed by atoms with Crippen molar-refractivity contribution in [1.82, 2.24) is 5.32 Å². The van der Waals surface area contributed by atoms with Gasteiger partial charge in [-0.2, -0.15) is 0 Å². The monoisotopic (exact) mass is 894 g/mol. The Morgan fingerprint density at radius 1 is 0.469 bits per heavy atom. The Balaban J connectivity index is 4.63. The SMILES string of the molecule is CC/C=C\C/C=C\C/C=C\C/C=C\C/C=C\CCCC(CC(=O)NC(CO)C(O)CCCCCCCCCCC)OC(=O)CCCCCCCCCCC/C=C/CCCCCCCC. The van der Waals surface area contributed by atoms with E-state index in [2.05, 4.69) is 99.0 Å². The minimum absolute atomic E-state index is 0.0359. The van der Waals surface area contributed by atoms with E-state index in [1.807, 2.05) is 0 Å². The number of nitrogens with one attached hydrogen (secondary N) is 1. The van der Waals surface area contributed by atoms with Gasteiger partial charge in [-0.15, -0.1) is 0 Å². The Labute approximate surface area is 396 Å². The number of ether oxygens (including phenoxy) is 1. The maximum absolute atomic E-state index is 13.2. The molecule has 0 rings (SSSR count). The van der Waals surface area contributed by atoms with Crippen LogP contribution >= 0.6 is 0 Å². The lowest BCUT2D eigenvalue weighted by Crippen LogP contribution is -2.46. The molecule has 3 unspecified atom stereocenters. The van der Waals surface area contributed by atoms with Crippen LogP contribution in [0.25, 0.3) is 0 Å². The van der Waals surface area contributed by atoms with Crippen LogP contribution in [0.5, 0.6) is 0 Å². The number of esters is 1. The Bertz CT molecular complexity index is 1190. The number of allylic oxidation sites excluding steroid dienone is 12. The van der Waals surface area contributed by atoms with Gasteiger partial charge in [-0.3, -0.25) is 9.59 Å². The number of aliphatic hydroxyl groups excluding tert-OH is 2. The maximum atomic E-state index is 13.2. The highest BCUT2D eigenvalue weighted by Crippen LogP contribution is 2.17. The molecule has 0 saturated heterocycles. The molecule has 0 bridgehead atoms. The van der Waals surface area contributed by atoms with Crippen molar-refractivity contribution in [2.24, 2.45) is 0 Å². The van der Waals surface area contributed by atoms with E-state index in [0.717, 1.165) is 83.5 Å². The number of amides is 1. The number of carbonyl (C=O) groups excluding carboxylic acids is 2. The van der Waals surface area contributed by atoms with Crippen molar-refractivity contribution in [1.29, 1.82) is 0 Å². The first-order valence-electron chi connectivity index (χ1n) is 27.2. The second kappa shape index (κ2) is 51.3. The minimum atomic E-state index is -0.804. The van der Waals surface area contributed by atoms with Gasteiger partial charge in [0.1, 0.15) is 6.10 Å². The molecule has 0 aromatic heterocycles. The molecule has 3 N–H and O–H groups in total. The molecule has 6 heteroatoms. The van der Waals surface area contributed by atoms with Crippen LogP contribution in [0.1, 0.15) is 258 Å². The normalized spacial score (nSPS) is 13.8. The first-order chi connectivity index (χ1) is 31.5. The molecule has 0 spiro atoms. The van der Waals surface area contributed by atoms with Gasteiger partial charge in [0.25, 0.3) is 0 Å². The van der Waals surface area contributed by atoms with Gasteiger partial charge in [0, 0.05) is 6.42 Å². The second-order valence-electron chi connectivity index (χ2n) is 18.2. The lowest BCUT2D eigenvalue weighted by atomic mass is 10.0.